The lowest BCUT2D eigenvalue weighted by molar-refractivity contribution is -0.0176. The number of methoxy groups -OCH3 is 1. The van der Waals surface area contributed by atoms with E-state index in [2.05, 4.69) is 20.8 Å². The molecule has 2 saturated carbocycles. The van der Waals surface area contributed by atoms with Crippen LogP contribution in [0.4, 0.5) is 0 Å². The molecule has 2 fully saturated rings. The van der Waals surface area contributed by atoms with Gasteiger partial charge in [0.1, 0.15) is 0 Å². The van der Waals surface area contributed by atoms with Crippen LogP contribution in [-0.4, -0.2) is 13.2 Å². The third-order valence-corrected chi connectivity index (χ3v) is 6.37. The molecule has 0 aromatic heterocycles. The topological polar surface area (TPSA) is 9.23 Å². The summed E-state index contributed by atoms with van der Waals surface area (Å²) in [5.41, 5.74) is 0. The zero-order chi connectivity index (χ0) is 13.8. The summed E-state index contributed by atoms with van der Waals surface area (Å²) in [6.07, 6.45) is 12.1. The highest BCUT2D eigenvalue weighted by molar-refractivity contribution is 4.84. The Morgan fingerprint density at radius 1 is 0.789 bits per heavy atom. The van der Waals surface area contributed by atoms with Gasteiger partial charge in [0, 0.05) is 7.11 Å². The van der Waals surface area contributed by atoms with E-state index < -0.39 is 0 Å². The number of ether oxygens (including phenoxy) is 1. The van der Waals surface area contributed by atoms with E-state index in [9.17, 15) is 0 Å². The van der Waals surface area contributed by atoms with Gasteiger partial charge in [-0.05, 0) is 48.9 Å². The maximum Gasteiger partial charge on any atom is 0.0599 e. The molecule has 0 saturated heterocycles. The van der Waals surface area contributed by atoms with E-state index in [1.807, 2.05) is 7.11 Å². The Hall–Kier alpha value is -0.0400. The molecule has 1 heteroatoms. The van der Waals surface area contributed by atoms with E-state index in [1.165, 1.54) is 51.4 Å². The van der Waals surface area contributed by atoms with Crippen LogP contribution in [0.1, 0.15) is 72.1 Å². The predicted octanol–water partition coefficient (Wildman–Crippen LogP) is 5.29. The molecule has 0 spiro atoms. The Morgan fingerprint density at radius 2 is 1.47 bits per heavy atom. The minimum Gasteiger partial charge on any atom is -0.381 e. The first-order chi connectivity index (χ1) is 9.11. The van der Waals surface area contributed by atoms with Crippen LogP contribution in [-0.2, 0) is 4.74 Å². The van der Waals surface area contributed by atoms with Crippen LogP contribution in [0.2, 0.25) is 0 Å². The molecule has 0 aromatic rings. The third-order valence-electron chi connectivity index (χ3n) is 6.37. The highest BCUT2D eigenvalue weighted by atomic mass is 16.5. The molecule has 19 heavy (non-hydrogen) atoms. The van der Waals surface area contributed by atoms with Crippen molar-refractivity contribution in [1.29, 1.82) is 0 Å². The molecule has 1 nitrogen and oxygen atoms in total. The summed E-state index contributed by atoms with van der Waals surface area (Å²) in [5, 5.41) is 0. The second-order valence-electron chi connectivity index (χ2n) is 7.53. The largest absolute Gasteiger partial charge is 0.381 e. The summed E-state index contributed by atoms with van der Waals surface area (Å²) in [7, 11) is 1.89. The van der Waals surface area contributed by atoms with E-state index >= 15 is 0 Å². The van der Waals surface area contributed by atoms with E-state index in [0.29, 0.717) is 6.10 Å². The maximum absolute atomic E-state index is 5.63. The quantitative estimate of drug-likeness (QED) is 0.672. The molecule has 112 valence electrons. The van der Waals surface area contributed by atoms with Crippen LogP contribution in [0.25, 0.3) is 0 Å². The highest BCUT2D eigenvalue weighted by Crippen LogP contribution is 2.40. The van der Waals surface area contributed by atoms with Crippen LogP contribution in [0, 0.1) is 29.6 Å². The zero-order valence-electron chi connectivity index (χ0n) is 13.5. The molecule has 0 aromatic carbocycles. The van der Waals surface area contributed by atoms with E-state index in [-0.39, 0.29) is 0 Å². The monoisotopic (exact) mass is 266 g/mol. The summed E-state index contributed by atoms with van der Waals surface area (Å²) in [5.74, 6) is 4.59. The summed E-state index contributed by atoms with van der Waals surface area (Å²) >= 11 is 0. The van der Waals surface area contributed by atoms with Gasteiger partial charge < -0.3 is 4.74 Å². The van der Waals surface area contributed by atoms with Gasteiger partial charge in [0.2, 0.25) is 0 Å². The Kier molecular flexibility index (Phi) is 5.74. The highest BCUT2D eigenvalue weighted by Gasteiger charge is 2.34. The molecular weight excluding hydrogens is 232 g/mol. The minimum absolute atomic E-state index is 0.516. The first-order valence-electron chi connectivity index (χ1n) is 8.64. The molecule has 2 aliphatic rings. The van der Waals surface area contributed by atoms with E-state index in [4.69, 9.17) is 4.74 Å². The lowest BCUT2D eigenvalue weighted by Crippen LogP contribution is -2.36. The van der Waals surface area contributed by atoms with Crippen molar-refractivity contribution in [3.63, 3.8) is 0 Å². The minimum atomic E-state index is 0.516. The molecule has 2 rings (SSSR count). The van der Waals surface area contributed by atoms with Crippen molar-refractivity contribution in [1.82, 2.24) is 0 Å². The van der Waals surface area contributed by atoms with Gasteiger partial charge >= 0.3 is 0 Å². The number of rotatable bonds is 4. The van der Waals surface area contributed by atoms with Gasteiger partial charge in [-0.3, -0.25) is 0 Å². The third kappa shape index (κ3) is 3.97. The van der Waals surface area contributed by atoms with Crippen molar-refractivity contribution in [2.24, 2.45) is 29.6 Å². The van der Waals surface area contributed by atoms with Gasteiger partial charge in [0.05, 0.1) is 6.10 Å². The standard InChI is InChI=1S/C18H34O/c1-13-5-7-16(8-6-13)9-10-17-11-12-18(19-4)15(3)14(17)2/h13-18H,5-12H2,1-4H3. The fourth-order valence-corrected chi connectivity index (χ4v) is 4.48. The molecule has 0 radical (unpaired) electrons. The first kappa shape index (κ1) is 15.4. The Balaban J connectivity index is 1.74. The van der Waals surface area contributed by atoms with Crippen molar-refractivity contribution < 1.29 is 4.74 Å². The molecule has 0 heterocycles. The zero-order valence-corrected chi connectivity index (χ0v) is 13.5. The van der Waals surface area contributed by atoms with Crippen LogP contribution in [0.5, 0.6) is 0 Å². The van der Waals surface area contributed by atoms with Crippen molar-refractivity contribution in [2.45, 2.75) is 78.2 Å². The van der Waals surface area contributed by atoms with Gasteiger partial charge in [-0.25, -0.2) is 0 Å². The van der Waals surface area contributed by atoms with Crippen molar-refractivity contribution in [3.05, 3.63) is 0 Å². The molecule has 4 atom stereocenters. The summed E-state index contributed by atoms with van der Waals surface area (Å²) in [6, 6.07) is 0. The smallest absolute Gasteiger partial charge is 0.0599 e. The summed E-state index contributed by atoms with van der Waals surface area (Å²) in [6.45, 7) is 7.28. The van der Waals surface area contributed by atoms with E-state index in [0.717, 1.165) is 29.6 Å². The van der Waals surface area contributed by atoms with Crippen LogP contribution >= 0.6 is 0 Å². The Bertz CT molecular complexity index is 254. The Labute approximate surface area is 120 Å². The lowest BCUT2D eigenvalue weighted by Gasteiger charge is -2.40. The fraction of sp³-hybridized carbons (Fsp3) is 1.00. The average molecular weight is 266 g/mol. The average Bonchev–Trinajstić information content (AvgIpc) is 2.42. The van der Waals surface area contributed by atoms with E-state index in [1.54, 1.807) is 0 Å². The lowest BCUT2D eigenvalue weighted by atomic mass is 9.69. The normalized spacial score (nSPS) is 44.2. The number of hydrogen-bond donors (Lipinski definition) is 0. The van der Waals surface area contributed by atoms with Gasteiger partial charge in [0.15, 0.2) is 0 Å². The van der Waals surface area contributed by atoms with Crippen LogP contribution in [0.15, 0.2) is 0 Å². The van der Waals surface area contributed by atoms with Crippen molar-refractivity contribution >= 4 is 0 Å². The van der Waals surface area contributed by atoms with Gasteiger partial charge in [0.25, 0.3) is 0 Å². The molecule has 0 N–H and O–H groups in total. The molecule has 0 aliphatic heterocycles. The molecule has 4 unspecified atom stereocenters. The molecule has 2 aliphatic carbocycles. The van der Waals surface area contributed by atoms with Gasteiger partial charge in [-0.15, -0.1) is 0 Å². The maximum atomic E-state index is 5.63. The van der Waals surface area contributed by atoms with Gasteiger partial charge in [-0.2, -0.15) is 0 Å². The molecule has 0 amide bonds. The molecular formula is C18H34O. The van der Waals surface area contributed by atoms with Crippen LogP contribution in [0.3, 0.4) is 0 Å². The second-order valence-corrected chi connectivity index (χ2v) is 7.53. The van der Waals surface area contributed by atoms with Crippen LogP contribution < -0.4 is 0 Å². The number of hydrogen-bond acceptors (Lipinski definition) is 1. The second kappa shape index (κ2) is 7.11. The Morgan fingerprint density at radius 3 is 2.11 bits per heavy atom. The first-order valence-corrected chi connectivity index (χ1v) is 8.64. The fourth-order valence-electron chi connectivity index (χ4n) is 4.48. The SMILES string of the molecule is COC1CCC(CCC2CCC(C)CC2)C(C)C1C. The summed E-state index contributed by atoms with van der Waals surface area (Å²) < 4.78 is 5.63. The van der Waals surface area contributed by atoms with Crippen molar-refractivity contribution in [2.75, 3.05) is 7.11 Å². The van der Waals surface area contributed by atoms with Crippen molar-refractivity contribution in [3.8, 4) is 0 Å². The molecule has 0 bridgehead atoms. The summed E-state index contributed by atoms with van der Waals surface area (Å²) in [4.78, 5) is 0. The predicted molar refractivity (Wildman–Crippen MR) is 82.2 cm³/mol. The van der Waals surface area contributed by atoms with Gasteiger partial charge in [-0.1, -0.05) is 52.9 Å².